The lowest BCUT2D eigenvalue weighted by Gasteiger charge is -2.26. The average molecular weight is 389 g/mol. The van der Waals surface area contributed by atoms with E-state index >= 15 is 0 Å². The van der Waals surface area contributed by atoms with Crippen LogP contribution in [0.5, 0.6) is 17.2 Å². The lowest BCUT2D eigenvalue weighted by molar-refractivity contribution is 0.201. The Morgan fingerprint density at radius 1 is 1.00 bits per heavy atom. The van der Waals surface area contributed by atoms with Crippen LogP contribution in [-0.2, 0) is 11.7 Å². The first-order chi connectivity index (χ1) is 14.2. The van der Waals surface area contributed by atoms with Crippen LogP contribution in [0.15, 0.2) is 67.0 Å². The summed E-state index contributed by atoms with van der Waals surface area (Å²) in [6, 6.07) is 16.8. The molecule has 1 aromatic heterocycles. The highest BCUT2D eigenvalue weighted by Gasteiger charge is 2.20. The molecular weight excluding hydrogens is 364 g/mol. The summed E-state index contributed by atoms with van der Waals surface area (Å²) in [4.78, 5) is 6.38. The fourth-order valence-electron chi connectivity index (χ4n) is 3.74. The Balaban J connectivity index is 1.69. The highest BCUT2D eigenvalue weighted by Crippen LogP contribution is 2.38. The summed E-state index contributed by atoms with van der Waals surface area (Å²) < 4.78 is 11.8. The fraction of sp³-hybridized carbons (Fsp3) is 0.292. The van der Waals surface area contributed by atoms with Gasteiger partial charge in [0.2, 0.25) is 0 Å². The van der Waals surface area contributed by atoms with E-state index in [-0.39, 0.29) is 11.9 Å². The Hall–Kier alpha value is -3.21. The zero-order chi connectivity index (χ0) is 20.1. The Kier molecular flexibility index (Phi) is 5.84. The van der Waals surface area contributed by atoms with Gasteiger partial charge < -0.3 is 14.4 Å². The Labute approximate surface area is 171 Å². The van der Waals surface area contributed by atoms with Gasteiger partial charge in [-0.15, -0.1) is 0 Å². The number of hydrogen-bond donors (Lipinski definition) is 0. The summed E-state index contributed by atoms with van der Waals surface area (Å²) in [6.07, 6.45) is 8.44. The molecule has 0 bridgehead atoms. The van der Waals surface area contributed by atoms with Gasteiger partial charge in [0, 0.05) is 36.4 Å². The van der Waals surface area contributed by atoms with Crippen LogP contribution in [0, 0.1) is 0 Å². The van der Waals surface area contributed by atoms with Crippen LogP contribution in [0.4, 0.5) is 11.4 Å². The van der Waals surface area contributed by atoms with Gasteiger partial charge in [-0.2, -0.15) is 0 Å². The third-order valence-corrected chi connectivity index (χ3v) is 5.27. The van der Waals surface area contributed by atoms with E-state index in [0.717, 1.165) is 41.3 Å². The number of rotatable bonds is 7. The number of hydrogen-bond acceptors (Lipinski definition) is 4. The minimum atomic E-state index is -0.00457. The summed E-state index contributed by atoms with van der Waals surface area (Å²) in [5, 5.41) is 11.6. The number of methoxy groups -OCH3 is 1. The van der Waals surface area contributed by atoms with E-state index in [1.807, 2.05) is 48.7 Å². The van der Waals surface area contributed by atoms with Crippen LogP contribution >= 0.6 is 0 Å². The molecule has 0 saturated heterocycles. The number of anilines is 2. The molecule has 1 aliphatic rings. The number of benzene rings is 2. The van der Waals surface area contributed by atoms with E-state index in [1.165, 1.54) is 12.8 Å². The van der Waals surface area contributed by atoms with E-state index in [2.05, 4.69) is 9.88 Å². The van der Waals surface area contributed by atoms with Gasteiger partial charge in [0.15, 0.2) is 17.2 Å². The molecule has 0 spiro atoms. The van der Waals surface area contributed by atoms with Crippen molar-refractivity contribution in [1.82, 2.24) is 4.98 Å². The van der Waals surface area contributed by atoms with Crippen molar-refractivity contribution in [3.8, 4) is 17.2 Å². The summed E-state index contributed by atoms with van der Waals surface area (Å²) >= 11 is 0. The van der Waals surface area contributed by atoms with Gasteiger partial charge >= 0.3 is 0 Å². The molecule has 5 nitrogen and oxygen atoms in total. The highest BCUT2D eigenvalue weighted by atomic mass is 16.5. The molecule has 0 amide bonds. The zero-order valence-electron chi connectivity index (χ0n) is 16.6. The van der Waals surface area contributed by atoms with Crippen LogP contribution < -0.4 is 14.4 Å². The van der Waals surface area contributed by atoms with Gasteiger partial charge in [0.1, 0.15) is 0 Å². The largest absolute Gasteiger partial charge is 0.493 e. The summed E-state index contributed by atoms with van der Waals surface area (Å²) in [6.45, 7) is 0.626. The lowest BCUT2D eigenvalue weighted by atomic mass is 10.1. The van der Waals surface area contributed by atoms with Gasteiger partial charge in [0.05, 0.1) is 13.2 Å². The predicted octanol–water partition coefficient (Wildman–Crippen LogP) is 5.89. The first-order valence-corrected chi connectivity index (χ1v) is 10.0. The third-order valence-electron chi connectivity index (χ3n) is 5.27. The second-order valence-electron chi connectivity index (χ2n) is 7.30. The van der Waals surface area contributed by atoms with Gasteiger partial charge in [0.25, 0.3) is 0 Å². The van der Waals surface area contributed by atoms with Gasteiger partial charge in [-0.05, 0) is 73.7 Å². The maximum atomic E-state index is 11.6. The molecule has 5 heteroatoms. The smallest absolute Gasteiger partial charge is 0.178 e. The maximum Gasteiger partial charge on any atom is 0.178 e. The Bertz CT molecular complexity index is 923. The molecule has 1 fully saturated rings. The average Bonchev–Trinajstić information content (AvgIpc) is 3.27. The van der Waals surface area contributed by atoms with E-state index in [4.69, 9.17) is 9.47 Å². The summed E-state index contributed by atoms with van der Waals surface area (Å²) in [7, 11) is 1.66. The van der Waals surface area contributed by atoms with Crippen molar-refractivity contribution in [3.63, 3.8) is 0 Å². The molecule has 1 radical (unpaired) electrons. The molecule has 3 aromatic rings. The molecule has 149 valence electrons. The molecule has 4 rings (SSSR count). The Morgan fingerprint density at radius 2 is 1.76 bits per heavy atom. The molecule has 29 heavy (non-hydrogen) atoms. The predicted molar refractivity (Wildman–Crippen MR) is 113 cm³/mol. The monoisotopic (exact) mass is 389 g/mol. The van der Waals surface area contributed by atoms with Crippen molar-refractivity contribution in [2.45, 2.75) is 38.3 Å². The Morgan fingerprint density at radius 3 is 2.45 bits per heavy atom. The van der Waals surface area contributed by atoms with Crippen molar-refractivity contribution in [2.24, 2.45) is 0 Å². The molecule has 1 saturated carbocycles. The van der Waals surface area contributed by atoms with Gasteiger partial charge in [-0.3, -0.25) is 10.1 Å². The van der Waals surface area contributed by atoms with Crippen molar-refractivity contribution >= 4 is 11.4 Å². The normalized spacial score (nSPS) is 14.0. The standard InChI is InChI=1S/C24H25N2O3/c1-28-23-13-10-20(15-24(23)29-22-6-2-3-7-22)26(17-18-5-4-14-25-16-18)19-8-11-21(27)12-9-19/h4-5,8-16,22H,2-3,6-7,17H2,1H3. The maximum absolute atomic E-state index is 11.6. The van der Waals surface area contributed by atoms with E-state index < -0.39 is 0 Å². The quantitative estimate of drug-likeness (QED) is 0.505. The van der Waals surface area contributed by atoms with E-state index in [0.29, 0.717) is 6.54 Å². The number of pyridine rings is 1. The molecule has 1 aliphatic carbocycles. The molecule has 2 aromatic carbocycles. The van der Waals surface area contributed by atoms with E-state index in [9.17, 15) is 5.11 Å². The van der Waals surface area contributed by atoms with Crippen molar-refractivity contribution < 1.29 is 14.6 Å². The van der Waals surface area contributed by atoms with Crippen molar-refractivity contribution in [2.75, 3.05) is 12.0 Å². The van der Waals surface area contributed by atoms with Gasteiger partial charge in [-0.1, -0.05) is 6.07 Å². The molecule has 0 atom stereocenters. The first-order valence-electron chi connectivity index (χ1n) is 10.0. The first kappa shape index (κ1) is 19.1. The summed E-state index contributed by atoms with van der Waals surface area (Å²) in [5.74, 6) is 1.49. The fourth-order valence-corrected chi connectivity index (χ4v) is 3.74. The van der Waals surface area contributed by atoms with Crippen LogP contribution in [0.1, 0.15) is 31.2 Å². The van der Waals surface area contributed by atoms with Crippen LogP contribution in [0.3, 0.4) is 0 Å². The SMILES string of the molecule is COc1ccc(N(Cc2cccnc2)c2ccc([O])cc2)cc1OC1CCCC1. The third kappa shape index (κ3) is 4.62. The van der Waals surface area contributed by atoms with Crippen LogP contribution in [0.25, 0.3) is 0 Å². The van der Waals surface area contributed by atoms with Crippen LogP contribution in [0.2, 0.25) is 0 Å². The zero-order valence-corrected chi connectivity index (χ0v) is 16.6. The summed E-state index contributed by atoms with van der Waals surface area (Å²) in [5.41, 5.74) is 2.99. The molecular formula is C24H25N2O3. The highest BCUT2D eigenvalue weighted by molar-refractivity contribution is 5.67. The number of ether oxygens (including phenoxy) is 2. The van der Waals surface area contributed by atoms with Gasteiger partial charge in [-0.25, -0.2) is 0 Å². The second kappa shape index (κ2) is 8.86. The van der Waals surface area contributed by atoms with Crippen molar-refractivity contribution in [3.05, 3.63) is 72.6 Å². The number of nitrogens with zero attached hydrogens (tertiary/aromatic N) is 2. The minimum Gasteiger partial charge on any atom is -0.493 e. The molecule has 0 N–H and O–H groups in total. The second-order valence-corrected chi connectivity index (χ2v) is 7.30. The van der Waals surface area contributed by atoms with Crippen LogP contribution in [-0.4, -0.2) is 18.2 Å². The topological polar surface area (TPSA) is 54.5 Å². The van der Waals surface area contributed by atoms with E-state index in [1.54, 1.807) is 25.4 Å². The minimum absolute atomic E-state index is 0.00457. The molecule has 0 unspecified atom stereocenters. The lowest BCUT2D eigenvalue weighted by Crippen LogP contribution is -2.17. The van der Waals surface area contributed by atoms with Crippen molar-refractivity contribution in [1.29, 1.82) is 0 Å². The number of aromatic nitrogens is 1. The molecule has 0 aliphatic heterocycles. The molecule has 1 heterocycles.